The van der Waals surface area contributed by atoms with E-state index in [1.165, 1.54) is 0 Å². The number of rotatable bonds is 5. The van der Waals surface area contributed by atoms with Crippen molar-refractivity contribution in [3.05, 3.63) is 0 Å². The number of aliphatic carboxylic acids is 1. The van der Waals surface area contributed by atoms with Crippen molar-refractivity contribution in [2.24, 2.45) is 5.41 Å². The van der Waals surface area contributed by atoms with Gasteiger partial charge in [-0.2, -0.15) is 0 Å². The molecular formula is C12H22N2O3. The van der Waals surface area contributed by atoms with Gasteiger partial charge >= 0.3 is 5.97 Å². The van der Waals surface area contributed by atoms with Crippen molar-refractivity contribution < 1.29 is 14.7 Å². The zero-order valence-corrected chi connectivity index (χ0v) is 10.9. The number of hydrogen-bond acceptors (Lipinski definition) is 3. The molecule has 0 bridgehead atoms. The Hall–Kier alpha value is -1.10. The molecule has 0 saturated carbocycles. The Labute approximate surface area is 102 Å². The molecule has 0 spiro atoms. The van der Waals surface area contributed by atoms with E-state index in [1.807, 2.05) is 6.92 Å². The van der Waals surface area contributed by atoms with E-state index in [0.717, 1.165) is 6.54 Å². The molecule has 0 aromatic heterocycles. The lowest BCUT2D eigenvalue weighted by molar-refractivity contribution is -0.148. The van der Waals surface area contributed by atoms with Crippen LogP contribution in [0.1, 0.15) is 26.2 Å². The summed E-state index contributed by atoms with van der Waals surface area (Å²) in [5.74, 6) is -0.615. The Morgan fingerprint density at radius 2 is 2.06 bits per heavy atom. The smallest absolute Gasteiger partial charge is 0.310 e. The Bertz CT molecular complexity index is 304. The highest BCUT2D eigenvalue weighted by Gasteiger charge is 2.42. The maximum Gasteiger partial charge on any atom is 0.310 e. The number of hydrogen-bond donors (Lipinski definition) is 1. The predicted octanol–water partition coefficient (Wildman–Crippen LogP) is 0.651. The minimum atomic E-state index is -0.707. The van der Waals surface area contributed by atoms with Crippen LogP contribution in [0.4, 0.5) is 0 Å². The number of carboxylic acids is 1. The van der Waals surface area contributed by atoms with Crippen molar-refractivity contribution in [2.75, 3.05) is 33.7 Å². The van der Waals surface area contributed by atoms with Crippen molar-refractivity contribution in [1.82, 2.24) is 9.80 Å². The molecule has 0 radical (unpaired) electrons. The third kappa shape index (κ3) is 3.19. The zero-order valence-electron chi connectivity index (χ0n) is 10.9. The first-order valence-corrected chi connectivity index (χ1v) is 6.07. The number of amides is 1. The van der Waals surface area contributed by atoms with Gasteiger partial charge in [0.05, 0.1) is 5.41 Å². The van der Waals surface area contributed by atoms with Crippen LogP contribution in [0.3, 0.4) is 0 Å². The molecule has 1 N–H and O–H groups in total. The molecule has 1 heterocycles. The van der Waals surface area contributed by atoms with Gasteiger partial charge in [-0.25, -0.2) is 0 Å². The molecule has 1 amide bonds. The third-order valence-electron chi connectivity index (χ3n) is 3.70. The van der Waals surface area contributed by atoms with Crippen LogP contribution >= 0.6 is 0 Å². The molecule has 0 aromatic rings. The number of carboxylic acid groups (broad SMARTS) is 1. The van der Waals surface area contributed by atoms with Crippen LogP contribution in [-0.2, 0) is 9.59 Å². The Kier molecular flexibility index (Phi) is 4.51. The number of carbonyl (C=O) groups excluding carboxylic acids is 1. The Balaban J connectivity index is 2.45. The van der Waals surface area contributed by atoms with Gasteiger partial charge in [-0.15, -0.1) is 0 Å². The molecule has 1 saturated heterocycles. The molecule has 0 aromatic carbocycles. The highest BCUT2D eigenvalue weighted by atomic mass is 16.4. The molecule has 98 valence electrons. The highest BCUT2D eigenvalue weighted by Crippen LogP contribution is 2.34. The Morgan fingerprint density at radius 1 is 1.41 bits per heavy atom. The van der Waals surface area contributed by atoms with Crippen LogP contribution in [-0.4, -0.2) is 60.5 Å². The van der Waals surface area contributed by atoms with E-state index in [4.69, 9.17) is 0 Å². The average Bonchev–Trinajstić information content (AvgIpc) is 2.70. The van der Waals surface area contributed by atoms with E-state index in [1.54, 1.807) is 19.0 Å². The van der Waals surface area contributed by atoms with Crippen LogP contribution < -0.4 is 0 Å². The summed E-state index contributed by atoms with van der Waals surface area (Å²) in [5, 5.41) is 9.25. The van der Waals surface area contributed by atoms with Gasteiger partial charge in [0.1, 0.15) is 0 Å². The molecule has 5 nitrogen and oxygen atoms in total. The molecule has 1 atom stereocenters. The topological polar surface area (TPSA) is 60.9 Å². The predicted molar refractivity (Wildman–Crippen MR) is 64.7 cm³/mol. The van der Waals surface area contributed by atoms with Gasteiger partial charge in [-0.1, -0.05) is 6.92 Å². The maximum absolute atomic E-state index is 11.4. The fourth-order valence-electron chi connectivity index (χ4n) is 2.24. The number of nitrogens with zero attached hydrogens (tertiary/aromatic N) is 2. The number of likely N-dealkylation sites (tertiary alicyclic amines) is 1. The maximum atomic E-state index is 11.4. The van der Waals surface area contributed by atoms with E-state index >= 15 is 0 Å². The normalized spacial score (nSPS) is 24.9. The summed E-state index contributed by atoms with van der Waals surface area (Å²) in [4.78, 5) is 26.3. The standard InChI is InChI=1S/C12H22N2O3/c1-4-12(11(16)17)6-8-14(9-12)7-5-10(15)13(2)3/h4-9H2,1-3H3,(H,16,17). The third-order valence-corrected chi connectivity index (χ3v) is 3.70. The summed E-state index contributed by atoms with van der Waals surface area (Å²) in [6.45, 7) is 3.93. The average molecular weight is 242 g/mol. The summed E-state index contributed by atoms with van der Waals surface area (Å²) in [5.41, 5.74) is -0.596. The molecule has 1 rings (SSSR count). The quantitative estimate of drug-likeness (QED) is 0.769. The number of carbonyl (C=O) groups is 2. The minimum Gasteiger partial charge on any atom is -0.481 e. The van der Waals surface area contributed by atoms with Crippen LogP contribution in [0.25, 0.3) is 0 Å². The first-order valence-electron chi connectivity index (χ1n) is 6.07. The lowest BCUT2D eigenvalue weighted by Crippen LogP contribution is -2.35. The molecule has 1 unspecified atom stereocenters. The second-order valence-corrected chi connectivity index (χ2v) is 5.00. The van der Waals surface area contributed by atoms with Gasteiger partial charge in [-0.3, -0.25) is 9.59 Å². The van der Waals surface area contributed by atoms with Crippen molar-refractivity contribution >= 4 is 11.9 Å². The molecule has 0 aliphatic carbocycles. The van der Waals surface area contributed by atoms with Gasteiger partial charge < -0.3 is 14.9 Å². The monoisotopic (exact) mass is 242 g/mol. The first kappa shape index (κ1) is 14.0. The van der Waals surface area contributed by atoms with E-state index in [-0.39, 0.29) is 5.91 Å². The van der Waals surface area contributed by atoms with Crippen molar-refractivity contribution in [2.45, 2.75) is 26.2 Å². The summed E-state index contributed by atoms with van der Waals surface area (Å²) in [7, 11) is 3.47. The van der Waals surface area contributed by atoms with Gasteiger partial charge in [0.25, 0.3) is 0 Å². The molecular weight excluding hydrogens is 220 g/mol. The van der Waals surface area contributed by atoms with Gasteiger partial charge in [0.15, 0.2) is 0 Å². The summed E-state index contributed by atoms with van der Waals surface area (Å²) in [6.07, 6.45) is 1.81. The molecule has 5 heteroatoms. The summed E-state index contributed by atoms with van der Waals surface area (Å²) in [6, 6.07) is 0. The largest absolute Gasteiger partial charge is 0.481 e. The van der Waals surface area contributed by atoms with Crippen molar-refractivity contribution in [3.8, 4) is 0 Å². The van der Waals surface area contributed by atoms with Crippen LogP contribution in [0, 0.1) is 5.41 Å². The zero-order chi connectivity index (χ0) is 13.1. The fraction of sp³-hybridized carbons (Fsp3) is 0.833. The lowest BCUT2D eigenvalue weighted by atomic mass is 9.84. The van der Waals surface area contributed by atoms with E-state index in [2.05, 4.69) is 4.90 Å². The first-order chi connectivity index (χ1) is 7.91. The van der Waals surface area contributed by atoms with Crippen LogP contribution in [0.5, 0.6) is 0 Å². The van der Waals surface area contributed by atoms with Gasteiger partial charge in [-0.05, 0) is 19.4 Å². The minimum absolute atomic E-state index is 0.0920. The van der Waals surface area contributed by atoms with Gasteiger partial charge in [0, 0.05) is 33.6 Å². The lowest BCUT2D eigenvalue weighted by Gasteiger charge is -2.23. The molecule has 17 heavy (non-hydrogen) atoms. The van der Waals surface area contributed by atoms with Crippen molar-refractivity contribution in [3.63, 3.8) is 0 Å². The molecule has 1 fully saturated rings. The second kappa shape index (κ2) is 5.49. The van der Waals surface area contributed by atoms with Gasteiger partial charge in [0.2, 0.25) is 5.91 Å². The van der Waals surface area contributed by atoms with Crippen LogP contribution in [0.2, 0.25) is 0 Å². The Morgan fingerprint density at radius 3 is 2.47 bits per heavy atom. The van der Waals surface area contributed by atoms with Crippen molar-refractivity contribution in [1.29, 1.82) is 0 Å². The van der Waals surface area contributed by atoms with E-state index in [9.17, 15) is 14.7 Å². The highest BCUT2D eigenvalue weighted by molar-refractivity contribution is 5.76. The van der Waals surface area contributed by atoms with Crippen LogP contribution in [0.15, 0.2) is 0 Å². The molecule has 1 aliphatic rings. The van der Waals surface area contributed by atoms with E-state index in [0.29, 0.717) is 32.4 Å². The SMILES string of the molecule is CCC1(C(=O)O)CCN(CCC(=O)N(C)C)C1. The summed E-state index contributed by atoms with van der Waals surface area (Å²) < 4.78 is 0. The second-order valence-electron chi connectivity index (χ2n) is 5.00. The fourth-order valence-corrected chi connectivity index (χ4v) is 2.24. The van der Waals surface area contributed by atoms with E-state index < -0.39 is 11.4 Å². The molecule has 1 aliphatic heterocycles. The summed E-state index contributed by atoms with van der Waals surface area (Å²) >= 11 is 0.